The van der Waals surface area contributed by atoms with Crippen LogP contribution in [0.25, 0.3) is 0 Å². The average molecular weight is 234 g/mol. The molecule has 0 heterocycles. The zero-order chi connectivity index (χ0) is 11.9. The standard InChI is InChI=1S/C10H22N2O2S/c1-4-15(14)8-7-12-9(13)5-6-10(2,3)11/h4-8,11H2,1-3H3,(H,12,13). The molecule has 0 aliphatic carbocycles. The van der Waals surface area contributed by atoms with Gasteiger partial charge in [-0.25, -0.2) is 0 Å². The lowest BCUT2D eigenvalue weighted by atomic mass is 10.00. The van der Waals surface area contributed by atoms with Gasteiger partial charge in [0.15, 0.2) is 0 Å². The van der Waals surface area contributed by atoms with Crippen molar-refractivity contribution in [3.05, 3.63) is 0 Å². The van der Waals surface area contributed by atoms with Gasteiger partial charge in [-0.05, 0) is 20.3 Å². The number of hydrogen-bond acceptors (Lipinski definition) is 3. The fourth-order valence-electron chi connectivity index (χ4n) is 0.973. The number of carbonyl (C=O) groups is 1. The Balaban J connectivity index is 3.54. The molecule has 0 aromatic rings. The van der Waals surface area contributed by atoms with Crippen molar-refractivity contribution in [1.29, 1.82) is 0 Å². The largest absolute Gasteiger partial charge is 0.355 e. The van der Waals surface area contributed by atoms with Gasteiger partial charge in [-0.1, -0.05) is 6.92 Å². The number of nitrogens with one attached hydrogen (secondary N) is 1. The zero-order valence-electron chi connectivity index (χ0n) is 9.84. The highest BCUT2D eigenvalue weighted by atomic mass is 32.2. The second-order valence-electron chi connectivity index (χ2n) is 4.27. The molecule has 5 heteroatoms. The summed E-state index contributed by atoms with van der Waals surface area (Å²) in [6, 6.07) is 0. The molecule has 0 spiro atoms. The maximum atomic E-state index is 11.3. The van der Waals surface area contributed by atoms with Gasteiger partial charge in [0, 0.05) is 40.8 Å². The normalized spacial score (nSPS) is 13.6. The minimum Gasteiger partial charge on any atom is -0.355 e. The smallest absolute Gasteiger partial charge is 0.220 e. The van der Waals surface area contributed by atoms with E-state index in [4.69, 9.17) is 5.73 Å². The summed E-state index contributed by atoms with van der Waals surface area (Å²) < 4.78 is 11.1. The number of nitrogens with two attached hydrogens (primary N) is 1. The molecule has 1 unspecified atom stereocenters. The van der Waals surface area contributed by atoms with E-state index in [1.807, 2.05) is 20.8 Å². The fourth-order valence-corrected chi connectivity index (χ4v) is 1.59. The van der Waals surface area contributed by atoms with Crippen LogP contribution in [-0.2, 0) is 15.6 Å². The van der Waals surface area contributed by atoms with E-state index in [9.17, 15) is 9.00 Å². The van der Waals surface area contributed by atoms with E-state index in [1.165, 1.54) is 0 Å². The molecule has 90 valence electrons. The number of carbonyl (C=O) groups excluding carboxylic acids is 1. The molecule has 0 saturated carbocycles. The fraction of sp³-hybridized carbons (Fsp3) is 0.900. The topological polar surface area (TPSA) is 72.2 Å². The summed E-state index contributed by atoms with van der Waals surface area (Å²) in [6.07, 6.45) is 1.10. The van der Waals surface area contributed by atoms with Crippen molar-refractivity contribution < 1.29 is 9.00 Å². The van der Waals surface area contributed by atoms with Gasteiger partial charge in [-0.15, -0.1) is 0 Å². The Labute approximate surface area is 94.4 Å². The van der Waals surface area contributed by atoms with Gasteiger partial charge in [-0.2, -0.15) is 0 Å². The minimum atomic E-state index is -0.804. The lowest BCUT2D eigenvalue weighted by Gasteiger charge is -2.17. The van der Waals surface area contributed by atoms with Gasteiger partial charge < -0.3 is 11.1 Å². The van der Waals surface area contributed by atoms with Crippen LogP contribution in [0.2, 0.25) is 0 Å². The van der Waals surface area contributed by atoms with Crippen LogP contribution in [0, 0.1) is 0 Å². The molecule has 0 fully saturated rings. The molecule has 1 amide bonds. The highest BCUT2D eigenvalue weighted by Gasteiger charge is 2.12. The van der Waals surface area contributed by atoms with Crippen LogP contribution < -0.4 is 11.1 Å². The third-order valence-corrected chi connectivity index (χ3v) is 3.27. The van der Waals surface area contributed by atoms with Crippen LogP contribution in [0.15, 0.2) is 0 Å². The number of rotatable bonds is 7. The second-order valence-corrected chi connectivity index (χ2v) is 6.14. The average Bonchev–Trinajstić information content (AvgIpc) is 2.13. The first kappa shape index (κ1) is 14.6. The summed E-state index contributed by atoms with van der Waals surface area (Å²) in [5, 5.41) is 2.73. The Morgan fingerprint density at radius 1 is 1.47 bits per heavy atom. The molecule has 0 aromatic carbocycles. The van der Waals surface area contributed by atoms with E-state index in [0.29, 0.717) is 30.9 Å². The first-order valence-electron chi connectivity index (χ1n) is 5.25. The molecule has 0 aliphatic rings. The van der Waals surface area contributed by atoms with E-state index in [0.717, 1.165) is 0 Å². The molecule has 3 N–H and O–H groups in total. The molecule has 0 radical (unpaired) electrons. The van der Waals surface area contributed by atoms with E-state index in [2.05, 4.69) is 5.32 Å². The van der Waals surface area contributed by atoms with Gasteiger partial charge in [0.25, 0.3) is 0 Å². The van der Waals surface area contributed by atoms with Gasteiger partial charge >= 0.3 is 0 Å². The lowest BCUT2D eigenvalue weighted by molar-refractivity contribution is -0.121. The SMILES string of the molecule is CCS(=O)CCNC(=O)CCC(C)(C)N. The molecule has 1 atom stereocenters. The maximum absolute atomic E-state index is 11.3. The Morgan fingerprint density at radius 3 is 2.53 bits per heavy atom. The number of hydrogen-bond donors (Lipinski definition) is 2. The summed E-state index contributed by atoms with van der Waals surface area (Å²) in [4.78, 5) is 11.3. The Bertz CT molecular complexity index is 224. The van der Waals surface area contributed by atoms with Gasteiger partial charge in [0.2, 0.25) is 5.91 Å². The Kier molecular flexibility index (Phi) is 6.76. The van der Waals surface area contributed by atoms with Crippen LogP contribution in [0.1, 0.15) is 33.6 Å². The summed E-state index contributed by atoms with van der Waals surface area (Å²) in [5.74, 6) is 1.17. The van der Waals surface area contributed by atoms with Crippen molar-refractivity contribution in [3.63, 3.8) is 0 Å². The van der Waals surface area contributed by atoms with Crippen LogP contribution in [0.3, 0.4) is 0 Å². The first-order valence-corrected chi connectivity index (χ1v) is 6.74. The van der Waals surface area contributed by atoms with E-state index in [-0.39, 0.29) is 11.4 Å². The summed E-state index contributed by atoms with van der Waals surface area (Å²) in [5.41, 5.74) is 5.45. The van der Waals surface area contributed by atoms with Crippen LogP contribution in [0.5, 0.6) is 0 Å². The molecule has 0 aromatic heterocycles. The summed E-state index contributed by atoms with van der Waals surface area (Å²) >= 11 is 0. The van der Waals surface area contributed by atoms with E-state index < -0.39 is 10.8 Å². The predicted octanol–water partition coefficient (Wildman–Crippen LogP) is 0.389. The van der Waals surface area contributed by atoms with Crippen LogP contribution in [-0.4, -0.2) is 33.7 Å². The molecule has 0 rings (SSSR count). The van der Waals surface area contributed by atoms with E-state index >= 15 is 0 Å². The molecule has 0 bridgehead atoms. The van der Waals surface area contributed by atoms with E-state index in [1.54, 1.807) is 0 Å². The molecule has 0 saturated heterocycles. The molecule has 0 aliphatic heterocycles. The quantitative estimate of drug-likeness (QED) is 0.669. The van der Waals surface area contributed by atoms with Crippen molar-refractivity contribution >= 4 is 16.7 Å². The maximum Gasteiger partial charge on any atom is 0.220 e. The third kappa shape index (κ3) is 9.87. The van der Waals surface area contributed by atoms with Crippen LogP contribution >= 0.6 is 0 Å². The predicted molar refractivity (Wildman–Crippen MR) is 64.1 cm³/mol. The number of amides is 1. The van der Waals surface area contributed by atoms with Crippen molar-refractivity contribution in [1.82, 2.24) is 5.32 Å². The minimum absolute atomic E-state index is 0.0124. The first-order chi connectivity index (χ1) is 6.85. The zero-order valence-corrected chi connectivity index (χ0v) is 10.7. The third-order valence-electron chi connectivity index (χ3n) is 1.97. The lowest BCUT2D eigenvalue weighted by Crippen LogP contribution is -2.35. The molecule has 4 nitrogen and oxygen atoms in total. The molecular weight excluding hydrogens is 212 g/mol. The van der Waals surface area contributed by atoms with Gasteiger partial charge in [0.05, 0.1) is 0 Å². The highest BCUT2D eigenvalue weighted by molar-refractivity contribution is 7.84. The monoisotopic (exact) mass is 234 g/mol. The van der Waals surface area contributed by atoms with Gasteiger partial charge in [0.1, 0.15) is 0 Å². The van der Waals surface area contributed by atoms with Crippen molar-refractivity contribution in [3.8, 4) is 0 Å². The molecular formula is C10H22N2O2S. The van der Waals surface area contributed by atoms with Crippen LogP contribution in [0.4, 0.5) is 0 Å². The Hall–Kier alpha value is -0.420. The van der Waals surface area contributed by atoms with Gasteiger partial charge in [-0.3, -0.25) is 9.00 Å². The second kappa shape index (κ2) is 6.95. The van der Waals surface area contributed by atoms with Crippen molar-refractivity contribution in [2.45, 2.75) is 39.2 Å². The van der Waals surface area contributed by atoms with Crippen molar-refractivity contribution in [2.75, 3.05) is 18.1 Å². The summed E-state index contributed by atoms with van der Waals surface area (Å²) in [7, 11) is -0.804. The highest BCUT2D eigenvalue weighted by Crippen LogP contribution is 2.06. The van der Waals surface area contributed by atoms with Crippen molar-refractivity contribution in [2.24, 2.45) is 5.73 Å². The summed E-state index contributed by atoms with van der Waals surface area (Å²) in [6.45, 7) is 6.15. The Morgan fingerprint density at radius 2 is 2.07 bits per heavy atom. The molecule has 15 heavy (non-hydrogen) atoms.